The zero-order valence-corrected chi connectivity index (χ0v) is 12.6. The van der Waals surface area contributed by atoms with Crippen LogP contribution in [0.4, 0.5) is 0 Å². The summed E-state index contributed by atoms with van der Waals surface area (Å²) in [5, 5.41) is 1.14. The molecule has 0 spiro atoms. The number of pyridine rings is 1. The molecule has 0 radical (unpaired) electrons. The van der Waals surface area contributed by atoms with Crippen LogP contribution >= 0.6 is 0 Å². The van der Waals surface area contributed by atoms with Crippen molar-refractivity contribution in [3.8, 4) is 5.75 Å². The summed E-state index contributed by atoms with van der Waals surface area (Å²) in [4.78, 5) is 20.5. The number of aromatic nitrogens is 1. The molecule has 5 nitrogen and oxygen atoms in total. The van der Waals surface area contributed by atoms with Gasteiger partial charge in [0, 0.05) is 19.3 Å². The third-order valence-electron chi connectivity index (χ3n) is 2.99. The molecule has 1 amide bonds. The Hall–Kier alpha value is -2.66. The minimum absolute atomic E-state index is 0.252. The van der Waals surface area contributed by atoms with Crippen LogP contribution in [-0.4, -0.2) is 30.1 Å². The summed E-state index contributed by atoms with van der Waals surface area (Å²) >= 11 is 0. The maximum absolute atomic E-state index is 11.6. The summed E-state index contributed by atoms with van der Waals surface area (Å²) in [6.07, 6.45) is 6.39. The first-order valence-electron chi connectivity index (χ1n) is 6.80. The molecule has 0 aliphatic carbocycles. The summed E-state index contributed by atoms with van der Waals surface area (Å²) in [6, 6.07) is 11.7. The molecule has 2 aromatic rings. The zero-order chi connectivity index (χ0) is 15.8. The first kappa shape index (κ1) is 15.7. The predicted octanol–water partition coefficient (Wildman–Crippen LogP) is 2.69. The monoisotopic (exact) mass is 298 g/mol. The molecule has 0 saturated heterocycles. The third-order valence-corrected chi connectivity index (χ3v) is 2.99. The number of benzene rings is 1. The van der Waals surface area contributed by atoms with Crippen LogP contribution in [0.5, 0.6) is 5.75 Å². The number of carbonyl (C=O) groups is 1. The van der Waals surface area contributed by atoms with Crippen molar-refractivity contribution in [1.29, 1.82) is 0 Å². The second-order valence-corrected chi connectivity index (χ2v) is 4.58. The molecule has 114 valence electrons. The maximum Gasteiger partial charge on any atom is 0.269 e. The standard InChI is InChI=1S/C17H18N2O3/c1-19(21-2)17(20)9-8-15-10-16(12-18-11-15)22-13-14-6-4-3-5-7-14/h3-12H,13H2,1-2H3/b9-8+. The normalized spacial score (nSPS) is 10.6. The van der Waals surface area contributed by atoms with Crippen molar-refractivity contribution >= 4 is 12.0 Å². The number of rotatable bonds is 6. The Labute approximate surface area is 129 Å². The van der Waals surface area contributed by atoms with Crippen molar-refractivity contribution in [3.63, 3.8) is 0 Å². The Bertz CT molecular complexity index is 641. The van der Waals surface area contributed by atoms with E-state index < -0.39 is 0 Å². The minimum atomic E-state index is -0.252. The van der Waals surface area contributed by atoms with Gasteiger partial charge >= 0.3 is 0 Å². The van der Waals surface area contributed by atoms with Crippen LogP contribution in [0.2, 0.25) is 0 Å². The molecule has 5 heteroatoms. The van der Waals surface area contributed by atoms with Crippen molar-refractivity contribution in [3.05, 3.63) is 66.0 Å². The average Bonchev–Trinajstić information content (AvgIpc) is 2.58. The Kier molecular flexibility index (Phi) is 5.68. The molecular formula is C17H18N2O3. The summed E-state index contributed by atoms with van der Waals surface area (Å²) < 4.78 is 5.69. The largest absolute Gasteiger partial charge is 0.487 e. The lowest BCUT2D eigenvalue weighted by atomic mass is 10.2. The van der Waals surface area contributed by atoms with Crippen molar-refractivity contribution in [2.24, 2.45) is 0 Å². The molecule has 22 heavy (non-hydrogen) atoms. The summed E-state index contributed by atoms with van der Waals surface area (Å²) in [6.45, 7) is 0.473. The molecular weight excluding hydrogens is 280 g/mol. The van der Waals surface area contributed by atoms with Crippen molar-refractivity contribution < 1.29 is 14.4 Å². The van der Waals surface area contributed by atoms with Crippen LogP contribution in [0.3, 0.4) is 0 Å². The lowest BCUT2D eigenvalue weighted by Crippen LogP contribution is -2.22. The van der Waals surface area contributed by atoms with Crippen LogP contribution in [-0.2, 0) is 16.2 Å². The molecule has 0 aliphatic rings. The minimum Gasteiger partial charge on any atom is -0.487 e. The van der Waals surface area contributed by atoms with Gasteiger partial charge in [-0.05, 0) is 23.3 Å². The lowest BCUT2D eigenvalue weighted by molar-refractivity contribution is -0.162. The number of hydrogen-bond acceptors (Lipinski definition) is 4. The van der Waals surface area contributed by atoms with E-state index in [1.165, 1.54) is 13.2 Å². The highest BCUT2D eigenvalue weighted by Gasteiger charge is 2.02. The van der Waals surface area contributed by atoms with E-state index in [1.54, 1.807) is 25.5 Å². The van der Waals surface area contributed by atoms with Gasteiger partial charge in [-0.15, -0.1) is 0 Å². The molecule has 2 rings (SSSR count). The Morgan fingerprint density at radius 1 is 1.27 bits per heavy atom. The van der Waals surface area contributed by atoms with Gasteiger partial charge in [0.05, 0.1) is 13.3 Å². The van der Waals surface area contributed by atoms with E-state index in [9.17, 15) is 4.79 Å². The van der Waals surface area contributed by atoms with Gasteiger partial charge in [-0.3, -0.25) is 14.6 Å². The molecule has 1 aromatic heterocycles. The van der Waals surface area contributed by atoms with E-state index in [-0.39, 0.29) is 5.91 Å². The summed E-state index contributed by atoms with van der Waals surface area (Å²) in [5.41, 5.74) is 1.86. The molecule has 0 fully saturated rings. The van der Waals surface area contributed by atoms with Crippen molar-refractivity contribution in [2.45, 2.75) is 6.61 Å². The highest BCUT2D eigenvalue weighted by Crippen LogP contribution is 2.14. The van der Waals surface area contributed by atoms with E-state index in [1.807, 2.05) is 36.4 Å². The average molecular weight is 298 g/mol. The lowest BCUT2D eigenvalue weighted by Gasteiger charge is -2.10. The molecule has 0 unspecified atom stereocenters. The predicted molar refractivity (Wildman–Crippen MR) is 83.8 cm³/mol. The molecule has 0 saturated carbocycles. The Balaban J connectivity index is 1.98. The smallest absolute Gasteiger partial charge is 0.269 e. The SMILES string of the molecule is CON(C)C(=O)/C=C/c1cncc(OCc2ccccc2)c1. The fraction of sp³-hybridized carbons (Fsp3) is 0.176. The van der Waals surface area contributed by atoms with Gasteiger partial charge in [-0.25, -0.2) is 5.06 Å². The van der Waals surface area contributed by atoms with Crippen LogP contribution in [0.15, 0.2) is 54.9 Å². The number of hydroxylamine groups is 2. The second kappa shape index (κ2) is 7.95. The Morgan fingerprint density at radius 3 is 2.77 bits per heavy atom. The number of hydrogen-bond donors (Lipinski definition) is 0. The fourth-order valence-electron chi connectivity index (χ4n) is 1.71. The molecule has 0 aliphatic heterocycles. The van der Waals surface area contributed by atoms with Gasteiger partial charge < -0.3 is 4.74 Å². The maximum atomic E-state index is 11.6. The highest BCUT2D eigenvalue weighted by molar-refractivity contribution is 5.90. The topological polar surface area (TPSA) is 51.7 Å². The number of nitrogens with zero attached hydrogens (tertiary/aromatic N) is 2. The number of likely N-dealkylation sites (N-methyl/N-ethyl adjacent to an activating group) is 1. The molecule has 0 N–H and O–H groups in total. The van der Waals surface area contributed by atoms with Gasteiger partial charge in [-0.2, -0.15) is 0 Å². The number of amides is 1. The summed E-state index contributed by atoms with van der Waals surface area (Å²) in [5.74, 6) is 0.400. The quantitative estimate of drug-likeness (QED) is 0.608. The third kappa shape index (κ3) is 4.71. The molecule has 1 aromatic carbocycles. The highest BCUT2D eigenvalue weighted by atomic mass is 16.7. The van der Waals surface area contributed by atoms with Gasteiger partial charge in [-0.1, -0.05) is 30.3 Å². The number of carbonyl (C=O) groups excluding carboxylic acids is 1. The first-order valence-corrected chi connectivity index (χ1v) is 6.80. The molecule has 1 heterocycles. The van der Waals surface area contributed by atoms with Crippen LogP contribution < -0.4 is 4.74 Å². The van der Waals surface area contributed by atoms with E-state index in [0.29, 0.717) is 12.4 Å². The Morgan fingerprint density at radius 2 is 2.05 bits per heavy atom. The number of ether oxygens (including phenoxy) is 1. The van der Waals surface area contributed by atoms with Gasteiger partial charge in [0.25, 0.3) is 5.91 Å². The van der Waals surface area contributed by atoms with E-state index >= 15 is 0 Å². The van der Waals surface area contributed by atoms with Crippen LogP contribution in [0.1, 0.15) is 11.1 Å². The molecule has 0 bridgehead atoms. The van der Waals surface area contributed by atoms with E-state index in [4.69, 9.17) is 9.57 Å². The van der Waals surface area contributed by atoms with Gasteiger partial charge in [0.2, 0.25) is 0 Å². The van der Waals surface area contributed by atoms with Crippen LogP contribution in [0.25, 0.3) is 6.08 Å². The van der Waals surface area contributed by atoms with Gasteiger partial charge in [0.1, 0.15) is 12.4 Å². The molecule has 0 atom stereocenters. The summed E-state index contributed by atoms with van der Waals surface area (Å²) in [7, 11) is 2.98. The van der Waals surface area contributed by atoms with Crippen molar-refractivity contribution in [1.82, 2.24) is 10.0 Å². The zero-order valence-electron chi connectivity index (χ0n) is 12.6. The van der Waals surface area contributed by atoms with Crippen molar-refractivity contribution in [2.75, 3.05) is 14.2 Å². The second-order valence-electron chi connectivity index (χ2n) is 4.58. The first-order chi connectivity index (χ1) is 10.7. The fourth-order valence-corrected chi connectivity index (χ4v) is 1.71. The van der Waals surface area contributed by atoms with E-state index in [2.05, 4.69) is 4.98 Å². The van der Waals surface area contributed by atoms with E-state index in [0.717, 1.165) is 16.2 Å². The van der Waals surface area contributed by atoms with Crippen LogP contribution in [0, 0.1) is 0 Å². The van der Waals surface area contributed by atoms with Gasteiger partial charge in [0.15, 0.2) is 0 Å².